The van der Waals surface area contributed by atoms with E-state index in [9.17, 15) is 4.79 Å². The molecule has 0 fully saturated rings. The standard InChI is InChI=1S/C7H14N4O2/c1-3-4-5-11(10-9-8)6(2)7(12)13/h6H,3-5H2,1-2H3,(H,12,13). The Bertz CT molecular complexity index is 213. The van der Waals surface area contributed by atoms with Crippen LogP contribution in [-0.2, 0) is 4.79 Å². The van der Waals surface area contributed by atoms with Gasteiger partial charge in [0, 0.05) is 0 Å². The van der Waals surface area contributed by atoms with Crippen LogP contribution in [0.3, 0.4) is 0 Å². The van der Waals surface area contributed by atoms with Crippen LogP contribution >= 0.6 is 0 Å². The third kappa shape index (κ3) is 4.22. The van der Waals surface area contributed by atoms with E-state index in [4.69, 9.17) is 10.6 Å². The first kappa shape index (κ1) is 11.6. The highest BCUT2D eigenvalue weighted by atomic mass is 16.4. The van der Waals surface area contributed by atoms with Crippen LogP contribution in [0.5, 0.6) is 0 Å². The summed E-state index contributed by atoms with van der Waals surface area (Å²) in [5, 5.41) is 13.2. The lowest BCUT2D eigenvalue weighted by Crippen LogP contribution is -2.35. The van der Waals surface area contributed by atoms with E-state index in [0.29, 0.717) is 6.54 Å². The third-order valence-electron chi connectivity index (χ3n) is 1.70. The molecule has 6 heteroatoms. The number of carbonyl (C=O) groups is 1. The second kappa shape index (κ2) is 6.14. The van der Waals surface area contributed by atoms with Gasteiger partial charge in [0.1, 0.15) is 0 Å². The first-order valence-electron chi connectivity index (χ1n) is 4.18. The van der Waals surface area contributed by atoms with Crippen molar-refractivity contribution in [3.63, 3.8) is 0 Å². The van der Waals surface area contributed by atoms with Crippen molar-refractivity contribution in [2.24, 2.45) is 5.22 Å². The molecular formula is C7H14N4O2. The van der Waals surface area contributed by atoms with Crippen molar-refractivity contribution >= 4 is 5.97 Å². The lowest BCUT2D eigenvalue weighted by atomic mass is 10.3. The number of rotatable bonds is 6. The fraction of sp³-hybridized carbons (Fsp3) is 0.857. The number of unbranched alkanes of at least 4 members (excludes halogenated alkanes) is 1. The molecule has 0 bridgehead atoms. The van der Waals surface area contributed by atoms with Crippen LogP contribution < -0.4 is 0 Å². The number of hydrogen-bond acceptors (Lipinski definition) is 2. The van der Waals surface area contributed by atoms with Crippen molar-refractivity contribution in [1.82, 2.24) is 5.01 Å². The zero-order valence-corrected chi connectivity index (χ0v) is 7.84. The predicted octanol–water partition coefficient (Wildman–Crippen LogP) is 1.79. The van der Waals surface area contributed by atoms with E-state index in [2.05, 4.69) is 10.1 Å². The molecule has 0 aromatic carbocycles. The Balaban J connectivity index is 4.22. The van der Waals surface area contributed by atoms with Crippen molar-refractivity contribution in [1.29, 1.82) is 0 Å². The van der Waals surface area contributed by atoms with Crippen molar-refractivity contribution in [3.8, 4) is 0 Å². The van der Waals surface area contributed by atoms with E-state index in [0.717, 1.165) is 12.8 Å². The van der Waals surface area contributed by atoms with Gasteiger partial charge in [-0.2, -0.15) is 4.91 Å². The summed E-state index contributed by atoms with van der Waals surface area (Å²) >= 11 is 0. The van der Waals surface area contributed by atoms with Gasteiger partial charge in [-0.1, -0.05) is 13.3 Å². The van der Waals surface area contributed by atoms with Gasteiger partial charge in [-0.3, -0.25) is 0 Å². The second-order valence-electron chi connectivity index (χ2n) is 2.71. The Morgan fingerprint density at radius 1 is 1.77 bits per heavy atom. The van der Waals surface area contributed by atoms with Gasteiger partial charge in [-0.05, 0) is 18.6 Å². The highest BCUT2D eigenvalue weighted by Gasteiger charge is 2.21. The molecule has 0 aliphatic rings. The molecule has 0 radical (unpaired) electrons. The minimum Gasteiger partial charge on any atom is -0.478 e. The van der Waals surface area contributed by atoms with Crippen LogP contribution in [0.4, 0.5) is 0 Å². The van der Waals surface area contributed by atoms with Gasteiger partial charge in [0.15, 0.2) is 6.04 Å². The Morgan fingerprint density at radius 2 is 2.38 bits per heavy atom. The Labute approximate surface area is 76.7 Å². The summed E-state index contributed by atoms with van der Waals surface area (Å²) in [5.41, 5.74) is 8.19. The van der Waals surface area contributed by atoms with E-state index in [-0.39, 0.29) is 0 Å². The number of carboxylic acid groups (broad SMARTS) is 1. The first-order valence-corrected chi connectivity index (χ1v) is 4.18. The summed E-state index contributed by atoms with van der Waals surface area (Å²) in [6.07, 6.45) is 1.75. The van der Waals surface area contributed by atoms with Crippen LogP contribution in [0.1, 0.15) is 26.7 Å². The summed E-state index contributed by atoms with van der Waals surface area (Å²) in [6, 6.07) is -0.762. The van der Waals surface area contributed by atoms with E-state index in [1.54, 1.807) is 0 Å². The fourth-order valence-corrected chi connectivity index (χ4v) is 0.815. The lowest BCUT2D eigenvalue weighted by molar-refractivity contribution is -0.142. The van der Waals surface area contributed by atoms with Gasteiger partial charge in [0.05, 0.1) is 6.54 Å². The number of azide groups is 1. The molecule has 1 N–H and O–H groups in total. The molecule has 0 saturated carbocycles. The first-order chi connectivity index (χ1) is 6.13. The molecule has 1 unspecified atom stereocenters. The van der Waals surface area contributed by atoms with Crippen molar-refractivity contribution < 1.29 is 9.90 Å². The average molecular weight is 186 g/mol. The second-order valence-corrected chi connectivity index (χ2v) is 2.71. The van der Waals surface area contributed by atoms with E-state index in [1.807, 2.05) is 6.92 Å². The maximum Gasteiger partial charge on any atom is 0.348 e. The fourth-order valence-electron chi connectivity index (χ4n) is 0.815. The van der Waals surface area contributed by atoms with E-state index < -0.39 is 12.0 Å². The van der Waals surface area contributed by atoms with Gasteiger partial charge in [0.2, 0.25) is 0 Å². The van der Waals surface area contributed by atoms with Gasteiger partial charge < -0.3 is 5.11 Å². The van der Waals surface area contributed by atoms with E-state index >= 15 is 0 Å². The van der Waals surface area contributed by atoms with Crippen molar-refractivity contribution in [2.75, 3.05) is 6.54 Å². The summed E-state index contributed by atoms with van der Waals surface area (Å²) in [6.45, 7) is 3.96. The molecule has 0 saturated heterocycles. The molecule has 13 heavy (non-hydrogen) atoms. The third-order valence-corrected chi connectivity index (χ3v) is 1.70. The summed E-state index contributed by atoms with van der Waals surface area (Å²) < 4.78 is 0. The Kier molecular flexibility index (Phi) is 5.47. The number of aliphatic carboxylic acids is 1. The van der Waals surface area contributed by atoms with Crippen LogP contribution in [0, 0.1) is 0 Å². The molecular weight excluding hydrogens is 172 g/mol. The molecule has 0 aliphatic carbocycles. The Hall–Kier alpha value is -1.42. The smallest absolute Gasteiger partial charge is 0.348 e. The summed E-state index contributed by atoms with van der Waals surface area (Å²) in [5.74, 6) is -0.983. The van der Waals surface area contributed by atoms with Crippen LogP contribution in [-0.4, -0.2) is 28.7 Å². The predicted molar refractivity (Wildman–Crippen MR) is 47.9 cm³/mol. The van der Waals surface area contributed by atoms with Gasteiger partial charge in [-0.25, -0.2) is 9.80 Å². The maximum absolute atomic E-state index is 10.6. The summed E-state index contributed by atoms with van der Waals surface area (Å²) in [4.78, 5) is 13.1. The quantitative estimate of drug-likeness (QED) is 0.297. The highest BCUT2D eigenvalue weighted by molar-refractivity contribution is 5.72. The average Bonchev–Trinajstić information content (AvgIpc) is 2.11. The normalized spacial score (nSPS) is 11.5. The molecule has 74 valence electrons. The molecule has 0 heterocycles. The molecule has 0 aliphatic heterocycles. The van der Waals surface area contributed by atoms with Gasteiger partial charge in [0.25, 0.3) is 0 Å². The number of hydrogen-bond donors (Lipinski definition) is 1. The van der Waals surface area contributed by atoms with Gasteiger partial charge in [-0.15, -0.1) is 5.53 Å². The molecule has 0 rings (SSSR count). The summed E-state index contributed by atoms with van der Waals surface area (Å²) in [7, 11) is 0. The molecule has 0 aromatic heterocycles. The Morgan fingerprint density at radius 3 is 2.77 bits per heavy atom. The molecule has 0 aromatic rings. The van der Waals surface area contributed by atoms with Crippen LogP contribution in [0.2, 0.25) is 0 Å². The number of carboxylic acids is 1. The lowest BCUT2D eigenvalue weighted by Gasteiger charge is -2.17. The monoisotopic (exact) mass is 186 g/mol. The molecule has 6 nitrogen and oxygen atoms in total. The highest BCUT2D eigenvalue weighted by Crippen LogP contribution is 2.03. The molecule has 1 atom stereocenters. The minimum absolute atomic E-state index is 0.480. The maximum atomic E-state index is 10.6. The van der Waals surface area contributed by atoms with Crippen molar-refractivity contribution in [3.05, 3.63) is 10.4 Å². The largest absolute Gasteiger partial charge is 0.478 e. The molecule has 0 amide bonds. The minimum atomic E-state index is -0.983. The van der Waals surface area contributed by atoms with E-state index in [1.165, 1.54) is 11.9 Å². The van der Waals surface area contributed by atoms with Gasteiger partial charge >= 0.3 is 5.97 Å². The zero-order chi connectivity index (χ0) is 10.3. The topological polar surface area (TPSA) is 89.3 Å². The zero-order valence-electron chi connectivity index (χ0n) is 7.84. The molecule has 0 spiro atoms. The number of nitrogens with zero attached hydrogens (tertiary/aromatic N) is 4. The van der Waals surface area contributed by atoms with Crippen molar-refractivity contribution in [2.45, 2.75) is 32.7 Å². The SMILES string of the molecule is CCCCN(N=[N+]=[N-])C(C)C(=O)O. The van der Waals surface area contributed by atoms with Crippen LogP contribution in [0.15, 0.2) is 5.22 Å². The van der Waals surface area contributed by atoms with Crippen LogP contribution in [0.25, 0.3) is 10.4 Å².